The molecule has 20 heavy (non-hydrogen) atoms. The Kier molecular flexibility index (Phi) is 5.60. The van der Waals surface area contributed by atoms with E-state index < -0.39 is 0 Å². The van der Waals surface area contributed by atoms with Gasteiger partial charge in [-0.15, -0.1) is 17.8 Å². The monoisotopic (exact) mass is 286 g/mol. The summed E-state index contributed by atoms with van der Waals surface area (Å²) in [7, 11) is 0. The van der Waals surface area contributed by atoms with E-state index in [1.165, 1.54) is 0 Å². The minimum absolute atomic E-state index is 0.298. The molecular formula is C16H18N2OS. The van der Waals surface area contributed by atoms with E-state index in [2.05, 4.69) is 23.1 Å². The van der Waals surface area contributed by atoms with E-state index in [0.717, 1.165) is 29.4 Å². The minimum Gasteiger partial charge on any atom is -0.481 e. The molecule has 0 radical (unpaired) electrons. The number of rotatable bonds is 7. The van der Waals surface area contributed by atoms with Crippen LogP contribution in [-0.4, -0.2) is 18.1 Å². The Morgan fingerprint density at radius 1 is 1.45 bits per heavy atom. The van der Waals surface area contributed by atoms with Gasteiger partial charge in [-0.25, -0.2) is 4.98 Å². The van der Waals surface area contributed by atoms with Gasteiger partial charge in [0.15, 0.2) is 0 Å². The summed E-state index contributed by atoms with van der Waals surface area (Å²) < 4.78 is 5.53. The van der Waals surface area contributed by atoms with Gasteiger partial charge >= 0.3 is 0 Å². The first-order chi connectivity index (χ1) is 9.81. The number of aromatic nitrogens is 1. The predicted octanol–water partition coefficient (Wildman–Crippen LogP) is 3.05. The first kappa shape index (κ1) is 14.6. The molecule has 0 aliphatic rings. The Balaban J connectivity index is 1.86. The molecule has 4 heteroatoms. The van der Waals surface area contributed by atoms with E-state index >= 15 is 0 Å². The first-order valence-electron chi connectivity index (χ1n) is 6.55. The molecule has 1 N–H and O–H groups in total. The highest BCUT2D eigenvalue weighted by molar-refractivity contribution is 7.09. The highest BCUT2D eigenvalue weighted by Gasteiger charge is 2.08. The third-order valence-corrected chi connectivity index (χ3v) is 3.93. The van der Waals surface area contributed by atoms with Gasteiger partial charge in [0, 0.05) is 36.1 Å². The Morgan fingerprint density at radius 2 is 2.30 bits per heavy atom. The van der Waals surface area contributed by atoms with E-state index in [1.807, 2.05) is 35.8 Å². The van der Waals surface area contributed by atoms with Crippen molar-refractivity contribution in [3.05, 3.63) is 46.4 Å². The molecule has 2 rings (SSSR count). The van der Waals surface area contributed by atoms with Crippen LogP contribution in [0, 0.1) is 12.3 Å². The fourth-order valence-corrected chi connectivity index (χ4v) is 2.60. The van der Waals surface area contributed by atoms with Crippen molar-refractivity contribution in [2.24, 2.45) is 0 Å². The van der Waals surface area contributed by atoms with Gasteiger partial charge < -0.3 is 10.1 Å². The molecule has 1 heterocycles. The first-order valence-corrected chi connectivity index (χ1v) is 7.43. The normalized spacial score (nSPS) is 11.8. The van der Waals surface area contributed by atoms with Crippen LogP contribution in [0.2, 0.25) is 0 Å². The molecule has 0 aliphatic carbocycles. The maximum absolute atomic E-state index is 5.53. The predicted molar refractivity (Wildman–Crippen MR) is 83.0 cm³/mol. The fraction of sp³-hybridized carbons (Fsp3) is 0.312. The molecular weight excluding hydrogens is 268 g/mol. The van der Waals surface area contributed by atoms with Gasteiger partial charge in [-0.1, -0.05) is 31.0 Å². The van der Waals surface area contributed by atoms with Crippen LogP contribution in [0.15, 0.2) is 35.8 Å². The van der Waals surface area contributed by atoms with Gasteiger partial charge in [-0.2, -0.15) is 0 Å². The fourth-order valence-electron chi connectivity index (χ4n) is 1.90. The summed E-state index contributed by atoms with van der Waals surface area (Å²) >= 11 is 1.69. The van der Waals surface area contributed by atoms with Gasteiger partial charge in [0.05, 0.1) is 5.01 Å². The smallest absolute Gasteiger partial charge is 0.148 e. The van der Waals surface area contributed by atoms with Gasteiger partial charge in [0.2, 0.25) is 0 Å². The summed E-state index contributed by atoms with van der Waals surface area (Å²) in [5, 5.41) is 6.61. The van der Waals surface area contributed by atoms with Crippen molar-refractivity contribution in [3.8, 4) is 18.1 Å². The lowest BCUT2D eigenvalue weighted by Gasteiger charge is -2.12. The molecule has 0 aliphatic heterocycles. The SMILES string of the molecule is C#CCOc1ccccc1CNCC(C)c1nccs1. The molecule has 0 saturated carbocycles. The third-order valence-electron chi connectivity index (χ3n) is 2.92. The summed E-state index contributed by atoms with van der Waals surface area (Å²) in [5.74, 6) is 3.74. The third kappa shape index (κ3) is 4.09. The molecule has 0 amide bonds. The van der Waals surface area contributed by atoms with E-state index in [4.69, 9.17) is 11.2 Å². The highest BCUT2D eigenvalue weighted by Crippen LogP contribution is 2.19. The summed E-state index contributed by atoms with van der Waals surface area (Å²) in [4.78, 5) is 4.33. The maximum atomic E-state index is 5.53. The summed E-state index contributed by atoms with van der Waals surface area (Å²) in [6, 6.07) is 7.95. The molecule has 1 aromatic heterocycles. The molecule has 0 saturated heterocycles. The zero-order valence-electron chi connectivity index (χ0n) is 11.5. The molecule has 2 aromatic rings. The second kappa shape index (κ2) is 7.68. The van der Waals surface area contributed by atoms with Crippen LogP contribution in [0.1, 0.15) is 23.4 Å². The van der Waals surface area contributed by atoms with Crippen LogP contribution >= 0.6 is 11.3 Å². The van der Waals surface area contributed by atoms with E-state index in [1.54, 1.807) is 11.3 Å². The van der Waals surface area contributed by atoms with Gasteiger partial charge in [-0.05, 0) is 6.07 Å². The molecule has 1 atom stereocenters. The number of ether oxygens (including phenoxy) is 1. The molecule has 0 fully saturated rings. The lowest BCUT2D eigenvalue weighted by atomic mass is 10.1. The lowest BCUT2D eigenvalue weighted by Crippen LogP contribution is -2.20. The van der Waals surface area contributed by atoms with E-state index in [9.17, 15) is 0 Å². The molecule has 104 valence electrons. The van der Waals surface area contributed by atoms with Gasteiger partial charge in [0.25, 0.3) is 0 Å². The topological polar surface area (TPSA) is 34.1 Å². The van der Waals surface area contributed by atoms with E-state index in [-0.39, 0.29) is 0 Å². The second-order valence-electron chi connectivity index (χ2n) is 4.50. The van der Waals surface area contributed by atoms with Crippen molar-refractivity contribution >= 4 is 11.3 Å². The van der Waals surface area contributed by atoms with Crippen molar-refractivity contribution < 1.29 is 4.74 Å². The Labute approximate surface area is 124 Å². The average Bonchev–Trinajstić information content (AvgIpc) is 3.00. The van der Waals surface area contributed by atoms with Crippen LogP contribution in [0.5, 0.6) is 5.75 Å². The van der Waals surface area contributed by atoms with Gasteiger partial charge in [0.1, 0.15) is 12.4 Å². The number of nitrogens with zero attached hydrogens (tertiary/aromatic N) is 1. The van der Waals surface area contributed by atoms with Crippen molar-refractivity contribution in [1.29, 1.82) is 0 Å². The molecule has 3 nitrogen and oxygen atoms in total. The van der Waals surface area contributed by atoms with Gasteiger partial charge in [-0.3, -0.25) is 0 Å². The number of hydrogen-bond donors (Lipinski definition) is 1. The van der Waals surface area contributed by atoms with Crippen LogP contribution < -0.4 is 10.1 Å². The van der Waals surface area contributed by atoms with Crippen LogP contribution in [-0.2, 0) is 6.54 Å². The second-order valence-corrected chi connectivity index (χ2v) is 5.43. The molecule has 0 bridgehead atoms. The van der Waals surface area contributed by atoms with Crippen molar-refractivity contribution in [1.82, 2.24) is 10.3 Å². The Hall–Kier alpha value is -1.83. The zero-order chi connectivity index (χ0) is 14.2. The Bertz CT molecular complexity index is 560. The molecule has 1 aromatic carbocycles. The molecule has 1 unspecified atom stereocenters. The number of hydrogen-bond acceptors (Lipinski definition) is 4. The number of para-hydroxylation sites is 1. The summed E-state index contributed by atoms with van der Waals surface area (Å²) in [5.41, 5.74) is 1.12. The standard InChI is InChI=1S/C16H18N2OS/c1-3-9-19-15-7-5-4-6-14(15)12-17-11-13(2)16-18-8-10-20-16/h1,4-8,10,13,17H,9,11-12H2,2H3. The quantitative estimate of drug-likeness (QED) is 0.794. The van der Waals surface area contributed by atoms with Crippen molar-refractivity contribution in [3.63, 3.8) is 0 Å². The number of terminal acetylenes is 1. The van der Waals surface area contributed by atoms with Crippen molar-refractivity contribution in [2.75, 3.05) is 13.2 Å². The van der Waals surface area contributed by atoms with Crippen molar-refractivity contribution in [2.45, 2.75) is 19.4 Å². The minimum atomic E-state index is 0.298. The molecule has 0 spiro atoms. The van der Waals surface area contributed by atoms with E-state index in [0.29, 0.717) is 12.5 Å². The largest absolute Gasteiger partial charge is 0.481 e. The average molecular weight is 286 g/mol. The summed E-state index contributed by atoms with van der Waals surface area (Å²) in [6.45, 7) is 4.12. The highest BCUT2D eigenvalue weighted by atomic mass is 32.1. The van der Waals surface area contributed by atoms with Crippen LogP contribution in [0.4, 0.5) is 0 Å². The Morgan fingerprint density at radius 3 is 3.05 bits per heavy atom. The number of benzene rings is 1. The number of thiazole rings is 1. The zero-order valence-corrected chi connectivity index (χ0v) is 12.3. The summed E-state index contributed by atoms with van der Waals surface area (Å²) in [6.07, 6.45) is 7.07. The maximum Gasteiger partial charge on any atom is 0.148 e. The van der Waals surface area contributed by atoms with Crippen LogP contribution in [0.25, 0.3) is 0 Å². The lowest BCUT2D eigenvalue weighted by molar-refractivity contribution is 0.364. The van der Waals surface area contributed by atoms with Crippen LogP contribution in [0.3, 0.4) is 0 Å². The number of nitrogens with one attached hydrogen (secondary N) is 1.